The van der Waals surface area contributed by atoms with Gasteiger partial charge in [0.25, 0.3) is 0 Å². The van der Waals surface area contributed by atoms with Crippen LogP contribution in [0.1, 0.15) is 71.0 Å². The Morgan fingerprint density at radius 1 is 1.50 bits per heavy atom. The lowest BCUT2D eigenvalue weighted by molar-refractivity contribution is -0.120. The summed E-state index contributed by atoms with van der Waals surface area (Å²) in [6.07, 6.45) is 4.20. The number of rotatable bonds is 3. The molecule has 0 spiro atoms. The number of nitrogens with one attached hydrogen (secondary N) is 1. The summed E-state index contributed by atoms with van der Waals surface area (Å²) in [6, 6.07) is 0. The van der Waals surface area contributed by atoms with Gasteiger partial charge in [0.05, 0.1) is 11.5 Å². The van der Waals surface area contributed by atoms with Crippen LogP contribution >= 0.6 is 0 Å². The molecule has 1 heterocycles. The van der Waals surface area contributed by atoms with Crippen molar-refractivity contribution < 1.29 is 9.32 Å². The second kappa shape index (κ2) is 5.16. The molecule has 1 saturated carbocycles. The summed E-state index contributed by atoms with van der Waals surface area (Å²) >= 11 is 0. The molecule has 0 saturated heterocycles. The van der Waals surface area contributed by atoms with Gasteiger partial charge in [0.2, 0.25) is 11.8 Å². The van der Waals surface area contributed by atoms with E-state index in [4.69, 9.17) is 10.3 Å². The lowest BCUT2D eigenvalue weighted by atomic mass is 9.74. The van der Waals surface area contributed by atoms with E-state index in [9.17, 15) is 4.79 Å². The zero-order valence-corrected chi connectivity index (χ0v) is 12.7. The van der Waals surface area contributed by atoms with E-state index in [-0.39, 0.29) is 17.4 Å². The average molecular weight is 280 g/mol. The van der Waals surface area contributed by atoms with Crippen molar-refractivity contribution in [2.45, 2.75) is 70.4 Å². The largest absolute Gasteiger partial charge is 0.344 e. The number of aromatic nitrogens is 2. The fourth-order valence-electron chi connectivity index (χ4n) is 2.89. The van der Waals surface area contributed by atoms with E-state index in [1.54, 1.807) is 0 Å². The third-order valence-electron chi connectivity index (χ3n) is 4.04. The number of amides is 1. The maximum Gasteiger partial charge on any atom is 0.231 e. The van der Waals surface area contributed by atoms with E-state index in [0.717, 1.165) is 25.7 Å². The lowest BCUT2D eigenvalue weighted by Crippen LogP contribution is -2.45. The predicted molar refractivity (Wildman–Crippen MR) is 74.9 cm³/mol. The molecule has 0 bridgehead atoms. The number of nitrogens with zero attached hydrogens (tertiary/aromatic N) is 2. The molecule has 3 N–H and O–H groups in total. The molecule has 1 amide bonds. The molecule has 2 unspecified atom stereocenters. The first kappa shape index (κ1) is 15.0. The van der Waals surface area contributed by atoms with E-state index < -0.39 is 5.54 Å². The lowest BCUT2D eigenvalue weighted by Gasteiger charge is -2.35. The van der Waals surface area contributed by atoms with Crippen LogP contribution in [0.15, 0.2) is 4.52 Å². The molecule has 2 atom stereocenters. The van der Waals surface area contributed by atoms with E-state index in [1.807, 2.05) is 20.8 Å². The molecule has 0 radical (unpaired) electrons. The molecule has 1 aromatic rings. The number of nitrogens with two attached hydrogens (primary N) is 1. The molecule has 0 aromatic carbocycles. The highest BCUT2D eigenvalue weighted by Crippen LogP contribution is 2.38. The highest BCUT2D eigenvalue weighted by atomic mass is 16.5. The van der Waals surface area contributed by atoms with Gasteiger partial charge in [-0.3, -0.25) is 4.79 Å². The molecule has 2 rings (SSSR count). The highest BCUT2D eigenvalue weighted by molar-refractivity contribution is 5.73. The number of hydrogen-bond donors (Lipinski definition) is 2. The second-order valence-electron chi connectivity index (χ2n) is 6.57. The molecular formula is C14H24N4O2. The van der Waals surface area contributed by atoms with Gasteiger partial charge < -0.3 is 15.6 Å². The number of hydrogen-bond acceptors (Lipinski definition) is 5. The average Bonchev–Trinajstić information content (AvgIpc) is 2.76. The smallest absolute Gasteiger partial charge is 0.231 e. The first-order chi connectivity index (χ1) is 9.22. The third kappa shape index (κ3) is 3.00. The van der Waals surface area contributed by atoms with Gasteiger partial charge in [-0.05, 0) is 33.6 Å². The van der Waals surface area contributed by atoms with E-state index in [1.165, 1.54) is 6.92 Å². The topological polar surface area (TPSA) is 94.0 Å². The van der Waals surface area contributed by atoms with Crippen LogP contribution in [0.2, 0.25) is 0 Å². The zero-order chi connectivity index (χ0) is 15.0. The van der Waals surface area contributed by atoms with Gasteiger partial charge in [-0.2, -0.15) is 4.98 Å². The van der Waals surface area contributed by atoms with Crippen molar-refractivity contribution >= 4 is 5.91 Å². The van der Waals surface area contributed by atoms with Crippen molar-refractivity contribution in [3.63, 3.8) is 0 Å². The third-order valence-corrected chi connectivity index (χ3v) is 4.04. The van der Waals surface area contributed by atoms with Crippen molar-refractivity contribution in [1.82, 2.24) is 15.5 Å². The van der Waals surface area contributed by atoms with Crippen molar-refractivity contribution in [1.29, 1.82) is 0 Å². The van der Waals surface area contributed by atoms with Crippen LogP contribution < -0.4 is 11.1 Å². The van der Waals surface area contributed by atoms with Crippen LogP contribution in [0.25, 0.3) is 0 Å². The van der Waals surface area contributed by atoms with Gasteiger partial charge in [-0.1, -0.05) is 18.0 Å². The number of carbonyl (C=O) groups is 1. The van der Waals surface area contributed by atoms with Crippen LogP contribution in [0.5, 0.6) is 0 Å². The van der Waals surface area contributed by atoms with Gasteiger partial charge >= 0.3 is 0 Å². The molecule has 0 aliphatic heterocycles. The van der Waals surface area contributed by atoms with Crippen LogP contribution in [0.4, 0.5) is 0 Å². The molecule has 1 aromatic heterocycles. The Labute approximate surface area is 119 Å². The second-order valence-corrected chi connectivity index (χ2v) is 6.57. The maximum absolute atomic E-state index is 11.2. The molecule has 6 heteroatoms. The Kier molecular flexibility index (Phi) is 3.86. The first-order valence-electron chi connectivity index (χ1n) is 7.14. The van der Waals surface area contributed by atoms with E-state index >= 15 is 0 Å². The summed E-state index contributed by atoms with van der Waals surface area (Å²) < 4.78 is 5.42. The monoisotopic (exact) mass is 280 g/mol. The predicted octanol–water partition coefficient (Wildman–Crippen LogP) is 1.82. The van der Waals surface area contributed by atoms with Gasteiger partial charge in [0.15, 0.2) is 5.82 Å². The molecular weight excluding hydrogens is 256 g/mol. The first-order valence-corrected chi connectivity index (χ1v) is 7.14. The molecule has 20 heavy (non-hydrogen) atoms. The van der Waals surface area contributed by atoms with Gasteiger partial charge in [-0.25, -0.2) is 0 Å². The molecule has 112 valence electrons. The van der Waals surface area contributed by atoms with Crippen LogP contribution in [0.3, 0.4) is 0 Å². The Balaban J connectivity index is 2.22. The standard InChI is InChI=1S/C14H24N4O2/c1-9(19)17-13(2,3)12-16-11(20-18-12)10-7-5-6-8-14(10,4)15/h10H,5-8,15H2,1-4H3,(H,17,19). The Bertz CT molecular complexity index is 493. The minimum absolute atomic E-state index is 0.0885. The molecule has 6 nitrogen and oxygen atoms in total. The van der Waals surface area contributed by atoms with Crippen molar-refractivity contribution in [2.75, 3.05) is 0 Å². The minimum atomic E-state index is -0.646. The fourth-order valence-corrected chi connectivity index (χ4v) is 2.89. The van der Waals surface area contributed by atoms with E-state index in [2.05, 4.69) is 15.5 Å². The quantitative estimate of drug-likeness (QED) is 0.880. The SMILES string of the molecule is CC(=O)NC(C)(C)c1noc(C2CCCCC2(C)N)n1. The van der Waals surface area contributed by atoms with Crippen LogP contribution in [0, 0.1) is 0 Å². The highest BCUT2D eigenvalue weighted by Gasteiger charge is 2.39. The molecule has 1 aliphatic rings. The normalized spacial score (nSPS) is 27.4. The Morgan fingerprint density at radius 2 is 2.20 bits per heavy atom. The minimum Gasteiger partial charge on any atom is -0.344 e. The van der Waals surface area contributed by atoms with Gasteiger partial charge in [0.1, 0.15) is 0 Å². The van der Waals surface area contributed by atoms with Crippen LogP contribution in [-0.2, 0) is 10.3 Å². The Hall–Kier alpha value is -1.43. The van der Waals surface area contributed by atoms with Gasteiger partial charge in [0, 0.05) is 12.5 Å². The molecule has 1 fully saturated rings. The zero-order valence-electron chi connectivity index (χ0n) is 12.7. The van der Waals surface area contributed by atoms with E-state index in [0.29, 0.717) is 11.7 Å². The summed E-state index contributed by atoms with van der Waals surface area (Å²) in [4.78, 5) is 15.7. The summed E-state index contributed by atoms with van der Waals surface area (Å²) in [5.41, 5.74) is 5.40. The van der Waals surface area contributed by atoms with Gasteiger partial charge in [-0.15, -0.1) is 0 Å². The Morgan fingerprint density at radius 3 is 2.80 bits per heavy atom. The summed E-state index contributed by atoms with van der Waals surface area (Å²) in [7, 11) is 0. The maximum atomic E-state index is 11.2. The summed E-state index contributed by atoms with van der Waals surface area (Å²) in [5.74, 6) is 1.04. The van der Waals surface area contributed by atoms with Crippen molar-refractivity contribution in [2.24, 2.45) is 5.73 Å². The fraction of sp³-hybridized carbons (Fsp3) is 0.786. The van der Waals surface area contributed by atoms with Crippen LogP contribution in [-0.4, -0.2) is 21.6 Å². The molecule has 1 aliphatic carbocycles. The summed E-state index contributed by atoms with van der Waals surface area (Å²) in [6.45, 7) is 7.22. The number of carbonyl (C=O) groups excluding carboxylic acids is 1. The van der Waals surface area contributed by atoms with Crippen molar-refractivity contribution in [3.05, 3.63) is 11.7 Å². The summed E-state index contributed by atoms with van der Waals surface area (Å²) in [5, 5.41) is 6.84. The van der Waals surface area contributed by atoms with Crippen molar-refractivity contribution in [3.8, 4) is 0 Å².